The Labute approximate surface area is 132 Å². The van der Waals surface area contributed by atoms with E-state index in [4.69, 9.17) is 9.16 Å². The van der Waals surface area contributed by atoms with Crippen LogP contribution in [-0.4, -0.2) is 31.9 Å². The fraction of sp³-hybridized carbons (Fsp3) is 0.533. The molecule has 0 aliphatic heterocycles. The molecule has 1 aromatic heterocycles. The SMILES string of the molecule is COc1c(C#CCO[Si](C)(C)C(C)(C)C)cncc1[N+](=O)[O-]. The third-order valence-corrected chi connectivity index (χ3v) is 8.29. The lowest BCUT2D eigenvalue weighted by atomic mass is 10.2. The van der Waals surface area contributed by atoms with Crippen LogP contribution >= 0.6 is 0 Å². The Morgan fingerprint density at radius 1 is 1.36 bits per heavy atom. The first-order valence-corrected chi connectivity index (χ1v) is 9.80. The van der Waals surface area contributed by atoms with Gasteiger partial charge in [-0.3, -0.25) is 15.1 Å². The number of rotatable bonds is 4. The second-order valence-corrected chi connectivity index (χ2v) is 11.2. The van der Waals surface area contributed by atoms with Gasteiger partial charge in [0.05, 0.1) is 24.2 Å². The standard InChI is InChI=1S/C15H22N2O4Si/c1-15(2,3)22(5,6)21-9-7-8-12-10-16-11-13(17(18)19)14(12)20-4/h10-11H,9H2,1-6H3. The number of nitro groups is 1. The molecule has 6 nitrogen and oxygen atoms in total. The van der Waals surface area contributed by atoms with Crippen LogP contribution in [0.4, 0.5) is 5.69 Å². The number of ether oxygens (including phenoxy) is 1. The van der Waals surface area contributed by atoms with E-state index in [0.717, 1.165) is 6.20 Å². The quantitative estimate of drug-likeness (QED) is 0.368. The Morgan fingerprint density at radius 2 is 2.00 bits per heavy atom. The van der Waals surface area contributed by atoms with Crippen molar-refractivity contribution in [3.63, 3.8) is 0 Å². The third kappa shape index (κ3) is 4.29. The topological polar surface area (TPSA) is 74.5 Å². The summed E-state index contributed by atoms with van der Waals surface area (Å²) in [7, 11) is -0.477. The molecule has 0 aliphatic carbocycles. The number of hydrogen-bond donors (Lipinski definition) is 0. The molecular weight excluding hydrogens is 300 g/mol. The van der Waals surface area contributed by atoms with Gasteiger partial charge in [-0.05, 0) is 18.1 Å². The van der Waals surface area contributed by atoms with Gasteiger partial charge in [-0.2, -0.15) is 0 Å². The molecule has 0 amide bonds. The van der Waals surface area contributed by atoms with Crippen molar-refractivity contribution in [3.8, 4) is 17.6 Å². The van der Waals surface area contributed by atoms with Crippen LogP contribution in [0.15, 0.2) is 12.4 Å². The molecule has 0 N–H and O–H groups in total. The maximum absolute atomic E-state index is 10.9. The van der Waals surface area contributed by atoms with Crippen molar-refractivity contribution >= 4 is 14.0 Å². The number of methoxy groups -OCH3 is 1. The molecule has 0 saturated carbocycles. The first-order chi connectivity index (χ1) is 10.1. The lowest BCUT2D eigenvalue weighted by Gasteiger charge is -2.35. The van der Waals surface area contributed by atoms with Gasteiger partial charge in [0, 0.05) is 6.20 Å². The zero-order valence-electron chi connectivity index (χ0n) is 13.9. The maximum Gasteiger partial charge on any atom is 0.330 e. The molecule has 1 aromatic rings. The second kappa shape index (κ2) is 6.90. The van der Waals surface area contributed by atoms with Crippen molar-refractivity contribution in [1.82, 2.24) is 4.98 Å². The average Bonchev–Trinajstić information content (AvgIpc) is 2.41. The lowest BCUT2D eigenvalue weighted by molar-refractivity contribution is -0.386. The second-order valence-electron chi connectivity index (χ2n) is 6.35. The van der Waals surface area contributed by atoms with Crippen LogP contribution < -0.4 is 4.74 Å². The zero-order chi connectivity index (χ0) is 17.0. The summed E-state index contributed by atoms with van der Waals surface area (Å²) >= 11 is 0. The monoisotopic (exact) mass is 322 g/mol. The molecule has 0 atom stereocenters. The van der Waals surface area contributed by atoms with Gasteiger partial charge >= 0.3 is 5.69 Å². The van der Waals surface area contributed by atoms with E-state index in [1.165, 1.54) is 13.3 Å². The largest absolute Gasteiger partial charge is 0.489 e. The summed E-state index contributed by atoms with van der Waals surface area (Å²) in [6, 6.07) is 0. The summed E-state index contributed by atoms with van der Waals surface area (Å²) in [4.78, 5) is 14.2. The summed E-state index contributed by atoms with van der Waals surface area (Å²) in [6.07, 6.45) is 2.60. The van der Waals surface area contributed by atoms with Crippen LogP contribution in [0.1, 0.15) is 26.3 Å². The van der Waals surface area contributed by atoms with E-state index in [1.54, 1.807) is 0 Å². The number of hydrogen-bond acceptors (Lipinski definition) is 5. The minimum Gasteiger partial charge on any atom is -0.489 e. The van der Waals surface area contributed by atoms with E-state index in [2.05, 4.69) is 50.7 Å². The molecule has 0 unspecified atom stereocenters. The molecule has 0 bridgehead atoms. The van der Waals surface area contributed by atoms with Gasteiger partial charge < -0.3 is 9.16 Å². The van der Waals surface area contributed by atoms with E-state index in [-0.39, 0.29) is 23.1 Å². The predicted octanol–water partition coefficient (Wildman–Crippen LogP) is 3.37. The Bertz CT molecular complexity index is 612. The van der Waals surface area contributed by atoms with Gasteiger partial charge in [-0.1, -0.05) is 32.6 Å². The van der Waals surface area contributed by atoms with E-state index < -0.39 is 13.2 Å². The Hall–Kier alpha value is -1.91. The number of aromatic nitrogens is 1. The van der Waals surface area contributed by atoms with Gasteiger partial charge in [0.25, 0.3) is 0 Å². The van der Waals surface area contributed by atoms with E-state index >= 15 is 0 Å². The fourth-order valence-corrected chi connectivity index (χ4v) is 2.30. The van der Waals surface area contributed by atoms with Crippen molar-refractivity contribution in [2.45, 2.75) is 38.9 Å². The Kier molecular flexibility index (Phi) is 5.69. The highest BCUT2D eigenvalue weighted by molar-refractivity contribution is 6.74. The number of pyridine rings is 1. The zero-order valence-corrected chi connectivity index (χ0v) is 14.9. The first-order valence-electron chi connectivity index (χ1n) is 6.89. The predicted molar refractivity (Wildman–Crippen MR) is 87.5 cm³/mol. The fourth-order valence-electron chi connectivity index (χ4n) is 1.44. The van der Waals surface area contributed by atoms with Crippen LogP contribution in [0, 0.1) is 22.0 Å². The Balaban J connectivity index is 2.90. The smallest absolute Gasteiger partial charge is 0.330 e. The molecule has 0 spiro atoms. The minimum absolute atomic E-state index is 0.111. The molecular formula is C15H22N2O4Si. The Morgan fingerprint density at radius 3 is 2.50 bits per heavy atom. The molecule has 0 radical (unpaired) electrons. The molecule has 0 aliphatic rings. The summed E-state index contributed by atoms with van der Waals surface area (Å²) in [5, 5.41) is 11.0. The van der Waals surface area contributed by atoms with E-state index in [0.29, 0.717) is 5.56 Å². The molecule has 1 heterocycles. The molecule has 7 heteroatoms. The highest BCUT2D eigenvalue weighted by Gasteiger charge is 2.36. The number of nitrogens with zero attached hydrogens (tertiary/aromatic N) is 2. The van der Waals surface area contributed by atoms with E-state index in [9.17, 15) is 10.1 Å². The van der Waals surface area contributed by atoms with Crippen molar-refractivity contribution in [2.75, 3.05) is 13.7 Å². The van der Waals surface area contributed by atoms with Gasteiger partial charge in [0.1, 0.15) is 6.20 Å². The van der Waals surface area contributed by atoms with Crippen molar-refractivity contribution in [1.29, 1.82) is 0 Å². The minimum atomic E-state index is -1.85. The van der Waals surface area contributed by atoms with Crippen LogP contribution in [0.5, 0.6) is 5.75 Å². The van der Waals surface area contributed by atoms with Crippen LogP contribution in [-0.2, 0) is 4.43 Å². The van der Waals surface area contributed by atoms with Gasteiger partial charge in [0.2, 0.25) is 5.75 Å². The van der Waals surface area contributed by atoms with Crippen molar-refractivity contribution in [2.24, 2.45) is 0 Å². The third-order valence-electron chi connectivity index (χ3n) is 3.81. The highest BCUT2D eigenvalue weighted by atomic mass is 28.4. The first kappa shape index (κ1) is 18.1. The average molecular weight is 322 g/mol. The molecule has 0 fully saturated rings. The molecule has 120 valence electrons. The van der Waals surface area contributed by atoms with Crippen LogP contribution in [0.3, 0.4) is 0 Å². The summed E-state index contributed by atoms with van der Waals surface area (Å²) in [6.45, 7) is 11.0. The van der Waals surface area contributed by atoms with Crippen LogP contribution in [0.2, 0.25) is 18.1 Å². The van der Waals surface area contributed by atoms with Gasteiger partial charge in [-0.15, -0.1) is 0 Å². The van der Waals surface area contributed by atoms with E-state index in [1.807, 2.05) is 0 Å². The summed E-state index contributed by atoms with van der Waals surface area (Å²) in [5.41, 5.74) is 0.190. The van der Waals surface area contributed by atoms with Crippen LogP contribution in [0.25, 0.3) is 0 Å². The van der Waals surface area contributed by atoms with Gasteiger partial charge in [0.15, 0.2) is 8.32 Å². The maximum atomic E-state index is 10.9. The lowest BCUT2D eigenvalue weighted by Crippen LogP contribution is -2.40. The molecule has 22 heavy (non-hydrogen) atoms. The summed E-state index contributed by atoms with van der Waals surface area (Å²) in [5.74, 6) is 5.85. The normalized spacial score (nSPS) is 11.5. The van der Waals surface area contributed by atoms with Gasteiger partial charge in [-0.25, -0.2) is 0 Å². The molecule has 0 aromatic carbocycles. The summed E-state index contributed by atoms with van der Waals surface area (Å²) < 4.78 is 11.0. The van der Waals surface area contributed by atoms with Crippen molar-refractivity contribution < 1.29 is 14.1 Å². The highest BCUT2D eigenvalue weighted by Crippen LogP contribution is 2.36. The van der Waals surface area contributed by atoms with Crippen molar-refractivity contribution in [3.05, 3.63) is 28.1 Å². The molecule has 0 saturated heterocycles. The molecule has 1 rings (SSSR count).